The Morgan fingerprint density at radius 3 is 3.07 bits per heavy atom. The molecule has 1 N–H and O–H groups in total. The average Bonchev–Trinajstić information content (AvgIpc) is 2.69. The van der Waals surface area contributed by atoms with E-state index in [1.165, 1.54) is 0 Å². The fourth-order valence-corrected chi connectivity index (χ4v) is 0.935. The van der Waals surface area contributed by atoms with E-state index in [2.05, 4.69) is 15.0 Å². The zero-order valence-electron chi connectivity index (χ0n) is 8.36. The predicted molar refractivity (Wildman–Crippen MR) is 50.9 cm³/mol. The maximum Gasteiger partial charge on any atom is 0.128 e. The van der Waals surface area contributed by atoms with Crippen LogP contribution in [0, 0.1) is 0 Å². The zero-order chi connectivity index (χ0) is 10.1. The van der Waals surface area contributed by atoms with Gasteiger partial charge < -0.3 is 19.3 Å². The van der Waals surface area contributed by atoms with E-state index >= 15 is 0 Å². The van der Waals surface area contributed by atoms with Gasteiger partial charge >= 0.3 is 0 Å². The third kappa shape index (κ3) is 4.96. The first-order chi connectivity index (χ1) is 6.93. The maximum absolute atomic E-state index is 5.27. The molecule has 0 radical (unpaired) electrons. The monoisotopic (exact) mass is 200 g/mol. The van der Waals surface area contributed by atoms with Crippen LogP contribution in [-0.2, 0) is 16.0 Å². The van der Waals surface area contributed by atoms with Gasteiger partial charge in [-0.05, 0) is 0 Å². The first kappa shape index (κ1) is 11.2. The summed E-state index contributed by atoms with van der Waals surface area (Å²) in [7, 11) is 1.66. The molecule has 1 aromatic heterocycles. The van der Waals surface area contributed by atoms with Gasteiger partial charge in [0.05, 0.1) is 26.0 Å². The van der Waals surface area contributed by atoms with Gasteiger partial charge in [0, 0.05) is 25.8 Å². The standard InChI is InChI=1S/C9H16N2O3/c1-12-4-5-13-3-2-10-6-9-7-11-14-8-9/h7-8,10H,2-6H2,1H3. The Morgan fingerprint density at radius 1 is 1.43 bits per heavy atom. The van der Waals surface area contributed by atoms with Crippen LogP contribution in [0.2, 0.25) is 0 Å². The second-order valence-electron chi connectivity index (χ2n) is 2.81. The van der Waals surface area contributed by atoms with Gasteiger partial charge in [-0.3, -0.25) is 0 Å². The Morgan fingerprint density at radius 2 is 2.36 bits per heavy atom. The zero-order valence-corrected chi connectivity index (χ0v) is 8.36. The summed E-state index contributed by atoms with van der Waals surface area (Å²) in [4.78, 5) is 0. The molecule has 80 valence electrons. The number of nitrogens with zero attached hydrogens (tertiary/aromatic N) is 1. The molecule has 5 nitrogen and oxygen atoms in total. The van der Waals surface area contributed by atoms with E-state index in [9.17, 15) is 0 Å². The number of nitrogens with one attached hydrogen (secondary N) is 1. The summed E-state index contributed by atoms with van der Waals surface area (Å²) in [6.07, 6.45) is 3.32. The Bertz CT molecular complexity index is 214. The van der Waals surface area contributed by atoms with Gasteiger partial charge in [0.25, 0.3) is 0 Å². The molecule has 0 atom stereocenters. The van der Waals surface area contributed by atoms with Crippen LogP contribution in [0.3, 0.4) is 0 Å². The Hall–Kier alpha value is -0.910. The number of ether oxygens (including phenoxy) is 2. The fourth-order valence-electron chi connectivity index (χ4n) is 0.935. The SMILES string of the molecule is COCCOCCNCc1cnoc1. The summed E-state index contributed by atoms with van der Waals surface area (Å²) in [5, 5.41) is 6.80. The molecule has 1 rings (SSSR count). The third-order valence-electron chi connectivity index (χ3n) is 1.67. The van der Waals surface area contributed by atoms with Crippen molar-refractivity contribution in [1.29, 1.82) is 0 Å². The fraction of sp³-hybridized carbons (Fsp3) is 0.667. The van der Waals surface area contributed by atoms with Gasteiger partial charge in [0.2, 0.25) is 0 Å². The molecule has 0 aromatic carbocycles. The molecule has 0 amide bonds. The molecule has 0 saturated carbocycles. The van der Waals surface area contributed by atoms with Gasteiger partial charge in [-0.1, -0.05) is 5.16 Å². The number of hydrogen-bond acceptors (Lipinski definition) is 5. The van der Waals surface area contributed by atoms with Crippen molar-refractivity contribution >= 4 is 0 Å². The van der Waals surface area contributed by atoms with Crippen LogP contribution in [0.4, 0.5) is 0 Å². The van der Waals surface area contributed by atoms with Gasteiger partial charge in [-0.25, -0.2) is 0 Å². The molecule has 0 bridgehead atoms. The van der Waals surface area contributed by atoms with Crippen molar-refractivity contribution in [2.24, 2.45) is 0 Å². The highest BCUT2D eigenvalue weighted by molar-refractivity contribution is 4.98. The Labute approximate surface area is 83.4 Å². The minimum atomic E-state index is 0.644. The summed E-state index contributed by atoms with van der Waals surface area (Å²) >= 11 is 0. The van der Waals surface area contributed by atoms with Crippen LogP contribution in [0.5, 0.6) is 0 Å². The second-order valence-corrected chi connectivity index (χ2v) is 2.81. The maximum atomic E-state index is 5.27. The van der Waals surface area contributed by atoms with Gasteiger partial charge in [0.15, 0.2) is 0 Å². The Balaban J connectivity index is 1.85. The molecule has 0 fully saturated rings. The lowest BCUT2D eigenvalue weighted by Crippen LogP contribution is -2.19. The minimum absolute atomic E-state index is 0.644. The van der Waals surface area contributed by atoms with Crippen LogP contribution in [-0.4, -0.2) is 38.6 Å². The molecule has 0 saturated heterocycles. The second kappa shape index (κ2) is 7.49. The molecule has 1 aromatic rings. The molecule has 1 heterocycles. The number of aromatic nitrogens is 1. The van der Waals surface area contributed by atoms with E-state index in [0.29, 0.717) is 19.8 Å². The lowest BCUT2D eigenvalue weighted by atomic mass is 10.4. The summed E-state index contributed by atoms with van der Waals surface area (Å²) in [6.45, 7) is 3.55. The van der Waals surface area contributed by atoms with Crippen LogP contribution in [0.25, 0.3) is 0 Å². The van der Waals surface area contributed by atoms with Gasteiger partial charge in [-0.15, -0.1) is 0 Å². The quantitative estimate of drug-likeness (QED) is 0.617. The van der Waals surface area contributed by atoms with Gasteiger partial charge in [0.1, 0.15) is 6.26 Å². The number of hydrogen-bond donors (Lipinski definition) is 1. The van der Waals surface area contributed by atoms with E-state index in [0.717, 1.165) is 18.7 Å². The molecule has 0 unspecified atom stereocenters. The normalized spacial score (nSPS) is 10.6. The predicted octanol–water partition coefficient (Wildman–Crippen LogP) is 0.427. The van der Waals surface area contributed by atoms with Crippen LogP contribution >= 0.6 is 0 Å². The van der Waals surface area contributed by atoms with Crippen molar-refractivity contribution in [2.45, 2.75) is 6.54 Å². The number of methoxy groups -OCH3 is 1. The van der Waals surface area contributed by atoms with Crippen LogP contribution < -0.4 is 5.32 Å². The van der Waals surface area contributed by atoms with Gasteiger partial charge in [-0.2, -0.15) is 0 Å². The summed E-state index contributed by atoms with van der Waals surface area (Å²) in [5.41, 5.74) is 1.04. The lowest BCUT2D eigenvalue weighted by molar-refractivity contribution is 0.0719. The van der Waals surface area contributed by atoms with E-state index in [-0.39, 0.29) is 0 Å². The van der Waals surface area contributed by atoms with Crippen molar-refractivity contribution in [2.75, 3.05) is 33.5 Å². The van der Waals surface area contributed by atoms with Crippen LogP contribution in [0.1, 0.15) is 5.56 Å². The van der Waals surface area contributed by atoms with Crippen molar-refractivity contribution in [3.8, 4) is 0 Å². The summed E-state index contributed by atoms with van der Waals surface area (Å²) in [6, 6.07) is 0. The third-order valence-corrected chi connectivity index (χ3v) is 1.67. The molecule has 5 heteroatoms. The highest BCUT2D eigenvalue weighted by atomic mass is 16.5. The summed E-state index contributed by atoms with van der Waals surface area (Å²) < 4.78 is 14.8. The van der Waals surface area contributed by atoms with E-state index in [4.69, 9.17) is 9.47 Å². The van der Waals surface area contributed by atoms with Crippen molar-refractivity contribution in [1.82, 2.24) is 10.5 Å². The summed E-state index contributed by atoms with van der Waals surface area (Å²) in [5.74, 6) is 0. The van der Waals surface area contributed by atoms with Crippen molar-refractivity contribution in [3.63, 3.8) is 0 Å². The smallest absolute Gasteiger partial charge is 0.128 e. The highest BCUT2D eigenvalue weighted by Gasteiger charge is 1.94. The van der Waals surface area contributed by atoms with E-state index in [1.807, 2.05) is 0 Å². The van der Waals surface area contributed by atoms with E-state index in [1.54, 1.807) is 19.6 Å². The van der Waals surface area contributed by atoms with Crippen LogP contribution in [0.15, 0.2) is 17.0 Å². The van der Waals surface area contributed by atoms with E-state index < -0.39 is 0 Å². The number of rotatable bonds is 8. The largest absolute Gasteiger partial charge is 0.382 e. The van der Waals surface area contributed by atoms with Crippen molar-refractivity contribution in [3.05, 3.63) is 18.0 Å². The Kier molecular flexibility index (Phi) is 5.97. The lowest BCUT2D eigenvalue weighted by Gasteiger charge is -2.04. The topological polar surface area (TPSA) is 56.5 Å². The molecule has 0 aliphatic rings. The minimum Gasteiger partial charge on any atom is -0.382 e. The molecular formula is C9H16N2O3. The molecular weight excluding hydrogens is 184 g/mol. The first-order valence-electron chi connectivity index (χ1n) is 4.59. The highest BCUT2D eigenvalue weighted by Crippen LogP contribution is 1.93. The van der Waals surface area contributed by atoms with Crippen molar-refractivity contribution < 1.29 is 14.0 Å². The molecule has 14 heavy (non-hydrogen) atoms. The molecule has 0 aliphatic carbocycles. The molecule has 0 spiro atoms. The molecule has 0 aliphatic heterocycles. The average molecular weight is 200 g/mol. The first-order valence-corrected chi connectivity index (χ1v) is 4.59.